The molecule has 0 bridgehead atoms. The van der Waals surface area contributed by atoms with Crippen molar-refractivity contribution in [3.8, 4) is 0 Å². The average molecular weight is 371 g/mol. The molecule has 2 aromatic heterocycles. The maximum absolute atomic E-state index is 13.0. The molecule has 1 aliphatic rings. The largest absolute Gasteiger partial charge is 0.452 e. The van der Waals surface area contributed by atoms with Crippen molar-refractivity contribution in [2.24, 2.45) is 0 Å². The molecule has 3 heterocycles. The molecular weight excluding hydrogens is 351 g/mol. The van der Waals surface area contributed by atoms with E-state index in [-0.39, 0.29) is 11.7 Å². The number of halogens is 3. The van der Waals surface area contributed by atoms with Crippen LogP contribution in [-0.2, 0) is 10.9 Å². The number of rotatable bonds is 1. The number of alkyl halides is 3. The third-order valence-corrected chi connectivity index (χ3v) is 3.94. The van der Waals surface area contributed by atoms with Crippen molar-refractivity contribution in [3.63, 3.8) is 0 Å². The smallest absolute Gasteiger partial charge is 0.444 e. The van der Waals surface area contributed by atoms with Gasteiger partial charge in [-0.3, -0.25) is 4.40 Å². The quantitative estimate of drug-likeness (QED) is 0.771. The van der Waals surface area contributed by atoms with Crippen molar-refractivity contribution >= 4 is 17.4 Å². The second-order valence-electron chi connectivity index (χ2n) is 7.09. The number of carbonyl (C=O) groups excluding carboxylic acids is 1. The monoisotopic (exact) mass is 371 g/mol. The molecule has 1 amide bonds. The Morgan fingerprint density at radius 3 is 2.31 bits per heavy atom. The fourth-order valence-corrected chi connectivity index (χ4v) is 2.73. The van der Waals surface area contributed by atoms with Gasteiger partial charge in [-0.1, -0.05) is 0 Å². The van der Waals surface area contributed by atoms with Gasteiger partial charge >= 0.3 is 12.3 Å². The van der Waals surface area contributed by atoms with E-state index < -0.39 is 17.6 Å². The van der Waals surface area contributed by atoms with Crippen LogP contribution in [0.15, 0.2) is 18.3 Å². The fourth-order valence-electron chi connectivity index (χ4n) is 2.73. The predicted octanol–water partition coefficient (Wildman–Crippen LogP) is 2.81. The van der Waals surface area contributed by atoms with Crippen LogP contribution < -0.4 is 4.90 Å². The predicted molar refractivity (Wildman–Crippen MR) is 88.0 cm³/mol. The number of nitrogens with zero attached hydrogens (tertiary/aromatic N) is 5. The molecule has 10 heteroatoms. The number of aromatic nitrogens is 3. The number of hydrogen-bond acceptors (Lipinski definition) is 5. The molecule has 2 aromatic rings. The number of ether oxygens (including phenoxy) is 1. The Bertz CT molecular complexity index is 804. The summed E-state index contributed by atoms with van der Waals surface area (Å²) in [6.07, 6.45) is -3.58. The first kappa shape index (κ1) is 18.3. The van der Waals surface area contributed by atoms with E-state index in [1.165, 1.54) is 12.3 Å². The summed E-state index contributed by atoms with van der Waals surface area (Å²) in [6.45, 7) is 7.25. The summed E-state index contributed by atoms with van der Waals surface area (Å²) in [7, 11) is 0. The molecule has 1 saturated heterocycles. The summed E-state index contributed by atoms with van der Waals surface area (Å²) in [6, 6.07) is 3.20. The highest BCUT2D eigenvalue weighted by Crippen LogP contribution is 2.29. The Morgan fingerprint density at radius 1 is 1.08 bits per heavy atom. The number of piperazine rings is 1. The number of carbonyl (C=O) groups is 1. The van der Waals surface area contributed by atoms with E-state index in [1.807, 2.05) is 4.90 Å². The third kappa shape index (κ3) is 3.83. The number of hydrogen-bond donors (Lipinski definition) is 0. The minimum atomic E-state index is -4.58. The molecule has 0 spiro atoms. The lowest BCUT2D eigenvalue weighted by molar-refractivity contribution is -0.145. The lowest BCUT2D eigenvalue weighted by Gasteiger charge is -2.36. The zero-order valence-corrected chi connectivity index (χ0v) is 14.7. The van der Waals surface area contributed by atoms with E-state index in [2.05, 4.69) is 10.2 Å². The van der Waals surface area contributed by atoms with Crippen molar-refractivity contribution in [1.82, 2.24) is 19.5 Å². The molecule has 7 nitrogen and oxygen atoms in total. The summed E-state index contributed by atoms with van der Waals surface area (Å²) in [4.78, 5) is 15.6. The Labute approximate surface area is 148 Å². The second kappa shape index (κ2) is 6.33. The molecule has 3 rings (SSSR count). The van der Waals surface area contributed by atoms with E-state index in [0.717, 1.165) is 4.40 Å². The first-order valence-corrected chi connectivity index (χ1v) is 8.19. The molecule has 0 aliphatic carbocycles. The number of fused-ring (bicyclic) bond motifs is 1. The molecule has 142 valence electrons. The summed E-state index contributed by atoms with van der Waals surface area (Å²) < 4.78 is 45.3. The summed E-state index contributed by atoms with van der Waals surface area (Å²) in [5.74, 6) is -1.05. The highest BCUT2D eigenvalue weighted by Gasteiger charge is 2.37. The number of amides is 1. The highest BCUT2D eigenvalue weighted by molar-refractivity contribution is 5.68. The van der Waals surface area contributed by atoms with Gasteiger partial charge in [-0.2, -0.15) is 13.2 Å². The van der Waals surface area contributed by atoms with Gasteiger partial charge in [0.15, 0.2) is 5.65 Å². The molecule has 0 N–H and O–H groups in total. The Balaban J connectivity index is 1.72. The standard InChI is InChI=1S/C16H20F3N5O2/c1-15(2,3)26-14(25)23-8-6-22(7-9-23)11-4-5-12-20-21-13(16(17,18)19)24(12)10-11/h4-5,10H,6-9H2,1-3H3. The van der Waals surface area contributed by atoms with Crippen molar-refractivity contribution in [2.75, 3.05) is 31.1 Å². The van der Waals surface area contributed by atoms with Crippen LogP contribution in [0.5, 0.6) is 0 Å². The summed E-state index contributed by atoms with van der Waals surface area (Å²) >= 11 is 0. The molecular formula is C16H20F3N5O2. The molecule has 0 atom stereocenters. The molecule has 0 aromatic carbocycles. The van der Waals surface area contributed by atoms with Crippen molar-refractivity contribution < 1.29 is 22.7 Å². The maximum Gasteiger partial charge on any atom is 0.452 e. The van der Waals surface area contributed by atoms with Crippen molar-refractivity contribution in [2.45, 2.75) is 32.5 Å². The van der Waals surface area contributed by atoms with Crippen LogP contribution >= 0.6 is 0 Å². The van der Waals surface area contributed by atoms with Crippen LogP contribution in [0, 0.1) is 0 Å². The molecule has 26 heavy (non-hydrogen) atoms. The first-order valence-electron chi connectivity index (χ1n) is 8.19. The first-order chi connectivity index (χ1) is 12.0. The van der Waals surface area contributed by atoms with Gasteiger partial charge in [0.25, 0.3) is 0 Å². The van der Waals surface area contributed by atoms with Gasteiger partial charge in [-0.25, -0.2) is 4.79 Å². The number of anilines is 1. The van der Waals surface area contributed by atoms with Gasteiger partial charge in [0.05, 0.1) is 5.69 Å². The van der Waals surface area contributed by atoms with E-state index >= 15 is 0 Å². The molecule has 0 unspecified atom stereocenters. The van der Waals surface area contributed by atoms with E-state index in [4.69, 9.17) is 4.74 Å². The lowest BCUT2D eigenvalue weighted by atomic mass is 10.2. The van der Waals surface area contributed by atoms with Gasteiger partial charge in [0, 0.05) is 32.4 Å². The lowest BCUT2D eigenvalue weighted by Crippen LogP contribution is -2.50. The maximum atomic E-state index is 13.0. The van der Waals surface area contributed by atoms with Crippen LogP contribution in [0.4, 0.5) is 23.7 Å². The second-order valence-corrected chi connectivity index (χ2v) is 7.09. The minimum Gasteiger partial charge on any atom is -0.444 e. The van der Waals surface area contributed by atoms with Gasteiger partial charge < -0.3 is 14.5 Å². The zero-order valence-electron chi connectivity index (χ0n) is 14.7. The molecule has 0 saturated carbocycles. The van der Waals surface area contributed by atoms with Gasteiger partial charge in [-0.05, 0) is 32.9 Å². The zero-order chi connectivity index (χ0) is 19.1. The van der Waals surface area contributed by atoms with Gasteiger partial charge in [0.2, 0.25) is 5.82 Å². The van der Waals surface area contributed by atoms with Crippen LogP contribution in [-0.4, -0.2) is 57.4 Å². The molecule has 1 fully saturated rings. The third-order valence-electron chi connectivity index (χ3n) is 3.94. The van der Waals surface area contributed by atoms with Crippen LogP contribution in [0.25, 0.3) is 5.65 Å². The highest BCUT2D eigenvalue weighted by atomic mass is 19.4. The summed E-state index contributed by atoms with van der Waals surface area (Å²) in [5, 5.41) is 6.77. The fraction of sp³-hybridized carbons (Fsp3) is 0.562. The van der Waals surface area contributed by atoms with Crippen molar-refractivity contribution in [3.05, 3.63) is 24.2 Å². The molecule has 0 radical (unpaired) electrons. The van der Waals surface area contributed by atoms with Crippen LogP contribution in [0.1, 0.15) is 26.6 Å². The van der Waals surface area contributed by atoms with E-state index in [1.54, 1.807) is 31.7 Å². The Hall–Kier alpha value is -2.52. The number of pyridine rings is 1. The van der Waals surface area contributed by atoms with Crippen LogP contribution in [0.2, 0.25) is 0 Å². The topological polar surface area (TPSA) is 63.0 Å². The van der Waals surface area contributed by atoms with E-state index in [9.17, 15) is 18.0 Å². The average Bonchev–Trinajstić information content (AvgIpc) is 2.96. The minimum absolute atomic E-state index is 0.133. The van der Waals surface area contributed by atoms with Gasteiger partial charge in [-0.15, -0.1) is 10.2 Å². The SMILES string of the molecule is CC(C)(C)OC(=O)N1CCN(c2ccc3nnc(C(F)(F)F)n3c2)CC1. The van der Waals surface area contributed by atoms with E-state index in [0.29, 0.717) is 31.9 Å². The Kier molecular flexibility index (Phi) is 4.45. The molecule has 1 aliphatic heterocycles. The van der Waals surface area contributed by atoms with Crippen molar-refractivity contribution in [1.29, 1.82) is 0 Å². The normalized spacial score (nSPS) is 16.2. The Morgan fingerprint density at radius 2 is 1.73 bits per heavy atom. The van der Waals surface area contributed by atoms with Gasteiger partial charge in [0.1, 0.15) is 5.60 Å². The van der Waals surface area contributed by atoms with Crippen LogP contribution in [0.3, 0.4) is 0 Å². The summed E-state index contributed by atoms with van der Waals surface area (Å²) in [5.41, 5.74) is 0.182.